The average Bonchev–Trinajstić information content (AvgIpc) is 2.75. The Kier molecular flexibility index (Phi) is 3.82. The maximum absolute atomic E-state index is 5.98. The van der Waals surface area contributed by atoms with Crippen LogP contribution in [0.2, 0.25) is 5.02 Å². The van der Waals surface area contributed by atoms with Gasteiger partial charge in [-0.05, 0) is 36.5 Å². The van der Waals surface area contributed by atoms with E-state index < -0.39 is 0 Å². The molecule has 2 N–H and O–H groups in total. The van der Waals surface area contributed by atoms with Gasteiger partial charge < -0.3 is 5.32 Å². The van der Waals surface area contributed by atoms with Crippen molar-refractivity contribution < 1.29 is 0 Å². The average molecular weight is 255 g/mol. The highest BCUT2D eigenvalue weighted by molar-refractivity contribution is 7.99. The Balaban J connectivity index is 2.26. The van der Waals surface area contributed by atoms with E-state index in [2.05, 4.69) is 20.5 Å². The van der Waals surface area contributed by atoms with Crippen LogP contribution in [-0.4, -0.2) is 22.2 Å². The zero-order valence-electron chi connectivity index (χ0n) is 8.70. The van der Waals surface area contributed by atoms with Crippen LogP contribution >= 0.6 is 23.4 Å². The second-order valence-electron chi connectivity index (χ2n) is 3.18. The zero-order chi connectivity index (χ0) is 11.4. The van der Waals surface area contributed by atoms with Crippen LogP contribution in [0.5, 0.6) is 0 Å². The predicted octanol–water partition coefficient (Wildman–Crippen LogP) is 2.33. The topological polar surface area (TPSA) is 53.6 Å². The molecule has 2 rings (SSSR count). The lowest BCUT2D eigenvalue weighted by Gasteiger charge is -2.07. The predicted molar refractivity (Wildman–Crippen MR) is 64.7 cm³/mol. The number of nitrogens with one attached hydrogen (secondary N) is 2. The van der Waals surface area contributed by atoms with Crippen molar-refractivity contribution in [3.8, 4) is 0 Å². The summed E-state index contributed by atoms with van der Waals surface area (Å²) < 4.78 is 0. The van der Waals surface area contributed by atoms with Crippen molar-refractivity contribution in [3.63, 3.8) is 0 Å². The van der Waals surface area contributed by atoms with Gasteiger partial charge in [-0.25, -0.2) is 4.98 Å². The molecule has 1 aromatic carbocycles. The minimum atomic E-state index is 0.724. The van der Waals surface area contributed by atoms with E-state index in [0.29, 0.717) is 0 Å². The first-order chi connectivity index (χ1) is 7.79. The van der Waals surface area contributed by atoms with Crippen LogP contribution in [0, 0.1) is 0 Å². The van der Waals surface area contributed by atoms with Crippen LogP contribution in [-0.2, 0) is 6.54 Å². The SMILES string of the molecule is CNCc1ccc(Cl)cc1Sc1ncn[nH]1. The number of hydrogen-bond acceptors (Lipinski definition) is 4. The largest absolute Gasteiger partial charge is 0.316 e. The van der Waals surface area contributed by atoms with Crippen molar-refractivity contribution in [3.05, 3.63) is 35.1 Å². The summed E-state index contributed by atoms with van der Waals surface area (Å²) in [6.07, 6.45) is 1.49. The molecule has 0 radical (unpaired) electrons. The quantitative estimate of drug-likeness (QED) is 0.879. The van der Waals surface area contributed by atoms with Gasteiger partial charge in [0.25, 0.3) is 0 Å². The molecular formula is C10H11ClN4S. The molecule has 84 valence electrons. The first-order valence-corrected chi connectivity index (χ1v) is 5.95. The van der Waals surface area contributed by atoms with Crippen LogP contribution in [0.15, 0.2) is 34.6 Å². The van der Waals surface area contributed by atoms with E-state index in [1.54, 1.807) is 0 Å². The fourth-order valence-electron chi connectivity index (χ4n) is 1.31. The lowest BCUT2D eigenvalue weighted by Crippen LogP contribution is -2.06. The van der Waals surface area contributed by atoms with Gasteiger partial charge in [0, 0.05) is 16.5 Å². The number of H-pyrrole nitrogens is 1. The third-order valence-corrected chi connectivity index (χ3v) is 3.22. The van der Waals surface area contributed by atoms with Crippen molar-refractivity contribution in [2.75, 3.05) is 7.05 Å². The molecule has 0 unspecified atom stereocenters. The minimum absolute atomic E-state index is 0.724. The molecule has 16 heavy (non-hydrogen) atoms. The third kappa shape index (κ3) is 2.75. The third-order valence-electron chi connectivity index (χ3n) is 2.00. The van der Waals surface area contributed by atoms with E-state index in [4.69, 9.17) is 11.6 Å². The van der Waals surface area contributed by atoms with Gasteiger partial charge in [-0.3, -0.25) is 5.10 Å². The van der Waals surface area contributed by atoms with Gasteiger partial charge in [0.1, 0.15) is 6.33 Å². The maximum Gasteiger partial charge on any atom is 0.188 e. The number of nitrogens with zero attached hydrogens (tertiary/aromatic N) is 2. The Morgan fingerprint density at radius 1 is 1.50 bits per heavy atom. The molecule has 0 atom stereocenters. The molecule has 0 amide bonds. The summed E-state index contributed by atoms with van der Waals surface area (Å²) in [5.74, 6) is 0. The molecular weight excluding hydrogens is 244 g/mol. The van der Waals surface area contributed by atoms with Crippen LogP contribution in [0.3, 0.4) is 0 Å². The number of rotatable bonds is 4. The smallest absolute Gasteiger partial charge is 0.188 e. The molecule has 0 saturated heterocycles. The summed E-state index contributed by atoms with van der Waals surface area (Å²) in [6, 6.07) is 5.83. The van der Waals surface area contributed by atoms with Gasteiger partial charge in [-0.15, -0.1) is 0 Å². The van der Waals surface area contributed by atoms with Gasteiger partial charge in [-0.2, -0.15) is 5.10 Å². The lowest BCUT2D eigenvalue weighted by molar-refractivity contribution is 0.802. The number of hydrogen-bond donors (Lipinski definition) is 2. The zero-order valence-corrected chi connectivity index (χ0v) is 10.3. The number of halogens is 1. The van der Waals surface area contributed by atoms with E-state index in [-0.39, 0.29) is 0 Å². The number of benzene rings is 1. The summed E-state index contributed by atoms with van der Waals surface area (Å²) >= 11 is 7.50. The number of aromatic nitrogens is 3. The van der Waals surface area contributed by atoms with E-state index in [1.165, 1.54) is 23.7 Å². The second kappa shape index (κ2) is 5.34. The van der Waals surface area contributed by atoms with Gasteiger partial charge in [-0.1, -0.05) is 17.7 Å². The molecule has 0 aliphatic heterocycles. The molecule has 6 heteroatoms. The second-order valence-corrected chi connectivity index (χ2v) is 4.64. The Hall–Kier alpha value is -1.04. The molecule has 0 aliphatic rings. The van der Waals surface area contributed by atoms with Crippen molar-refractivity contribution in [1.29, 1.82) is 0 Å². The molecule has 0 aliphatic carbocycles. The molecule has 0 spiro atoms. The monoisotopic (exact) mass is 254 g/mol. The van der Waals surface area contributed by atoms with Crippen LogP contribution in [0.1, 0.15) is 5.56 Å². The highest BCUT2D eigenvalue weighted by Gasteiger charge is 2.06. The summed E-state index contributed by atoms with van der Waals surface area (Å²) in [5, 5.41) is 11.2. The van der Waals surface area contributed by atoms with Gasteiger partial charge in [0.15, 0.2) is 5.16 Å². The molecule has 2 aromatic rings. The van der Waals surface area contributed by atoms with E-state index in [0.717, 1.165) is 21.6 Å². The standard InChI is InChI=1S/C10H11ClN4S/c1-12-5-7-2-3-8(11)4-9(7)16-10-13-6-14-15-10/h2-4,6,12H,5H2,1H3,(H,13,14,15). The fraction of sp³-hybridized carbons (Fsp3) is 0.200. The lowest BCUT2D eigenvalue weighted by atomic mass is 10.2. The molecule has 0 bridgehead atoms. The highest BCUT2D eigenvalue weighted by Crippen LogP contribution is 2.30. The Bertz CT molecular complexity index is 458. The fourth-order valence-corrected chi connectivity index (χ4v) is 2.41. The first-order valence-electron chi connectivity index (χ1n) is 4.76. The summed E-state index contributed by atoms with van der Waals surface area (Å²) in [7, 11) is 1.91. The van der Waals surface area contributed by atoms with E-state index in [9.17, 15) is 0 Å². The van der Waals surface area contributed by atoms with Crippen LogP contribution in [0.4, 0.5) is 0 Å². The molecule has 1 heterocycles. The summed E-state index contributed by atoms with van der Waals surface area (Å²) in [5.41, 5.74) is 1.19. The van der Waals surface area contributed by atoms with Crippen molar-refractivity contribution in [1.82, 2.24) is 20.5 Å². The van der Waals surface area contributed by atoms with Crippen molar-refractivity contribution >= 4 is 23.4 Å². The first kappa shape index (κ1) is 11.4. The Labute approximate surface area is 103 Å². The van der Waals surface area contributed by atoms with Crippen molar-refractivity contribution in [2.45, 2.75) is 16.6 Å². The van der Waals surface area contributed by atoms with Crippen molar-refractivity contribution in [2.24, 2.45) is 0 Å². The van der Waals surface area contributed by atoms with Crippen LogP contribution in [0.25, 0.3) is 0 Å². The van der Waals surface area contributed by atoms with Gasteiger partial charge in [0.05, 0.1) is 0 Å². The van der Waals surface area contributed by atoms with Crippen LogP contribution < -0.4 is 5.32 Å². The molecule has 4 nitrogen and oxygen atoms in total. The minimum Gasteiger partial charge on any atom is -0.316 e. The maximum atomic E-state index is 5.98. The molecule has 0 saturated carbocycles. The molecule has 1 aromatic heterocycles. The summed E-state index contributed by atoms with van der Waals surface area (Å²) in [4.78, 5) is 5.16. The normalized spacial score (nSPS) is 10.6. The molecule has 0 fully saturated rings. The Morgan fingerprint density at radius 2 is 2.38 bits per heavy atom. The number of aromatic amines is 1. The van der Waals surface area contributed by atoms with E-state index in [1.807, 2.05) is 25.2 Å². The van der Waals surface area contributed by atoms with Gasteiger partial charge >= 0.3 is 0 Å². The Morgan fingerprint density at radius 3 is 3.06 bits per heavy atom. The van der Waals surface area contributed by atoms with Gasteiger partial charge in [0.2, 0.25) is 0 Å². The summed E-state index contributed by atoms with van der Waals surface area (Å²) in [6.45, 7) is 0.799. The highest BCUT2D eigenvalue weighted by atomic mass is 35.5. The van der Waals surface area contributed by atoms with E-state index >= 15 is 0 Å².